The summed E-state index contributed by atoms with van der Waals surface area (Å²) in [7, 11) is 3.14. The number of nitrogen functional groups attached to an aromatic ring is 1. The van der Waals surface area contributed by atoms with Crippen LogP contribution < -0.4 is 11.1 Å². The fourth-order valence-electron chi connectivity index (χ4n) is 0.866. The second kappa shape index (κ2) is 3.95. The van der Waals surface area contributed by atoms with Gasteiger partial charge in [-0.15, -0.1) is 0 Å². The molecule has 1 aromatic carbocycles. The Morgan fingerprint density at radius 3 is 2.71 bits per heavy atom. The van der Waals surface area contributed by atoms with Gasteiger partial charge in [0.1, 0.15) is 5.82 Å². The van der Waals surface area contributed by atoms with Crippen molar-refractivity contribution in [2.45, 2.75) is 0 Å². The van der Waals surface area contributed by atoms with Gasteiger partial charge in [0.15, 0.2) is 0 Å². The third kappa shape index (κ3) is 2.35. The van der Waals surface area contributed by atoms with Gasteiger partial charge < -0.3 is 16.0 Å². The highest BCUT2D eigenvalue weighted by Crippen LogP contribution is 2.17. The Kier molecular flexibility index (Phi) is 2.91. The van der Waals surface area contributed by atoms with Gasteiger partial charge in [-0.25, -0.2) is 9.18 Å². The molecule has 0 aliphatic heterocycles. The highest BCUT2D eigenvalue weighted by Gasteiger charge is 2.07. The number of anilines is 2. The van der Waals surface area contributed by atoms with Crippen LogP contribution >= 0.6 is 0 Å². The van der Waals surface area contributed by atoms with Crippen LogP contribution in [-0.4, -0.2) is 25.0 Å². The summed E-state index contributed by atoms with van der Waals surface area (Å²) >= 11 is 0. The van der Waals surface area contributed by atoms with Gasteiger partial charge >= 0.3 is 6.03 Å². The van der Waals surface area contributed by atoms with Crippen molar-refractivity contribution in [3.63, 3.8) is 0 Å². The number of nitrogens with one attached hydrogen (secondary N) is 1. The van der Waals surface area contributed by atoms with E-state index in [9.17, 15) is 9.18 Å². The van der Waals surface area contributed by atoms with E-state index in [1.165, 1.54) is 23.1 Å². The van der Waals surface area contributed by atoms with Crippen LogP contribution in [0, 0.1) is 5.82 Å². The lowest BCUT2D eigenvalue weighted by Crippen LogP contribution is -2.27. The van der Waals surface area contributed by atoms with E-state index >= 15 is 0 Å². The average Bonchev–Trinajstić information content (AvgIpc) is 2.11. The number of benzene rings is 1. The molecule has 0 aliphatic rings. The maximum atomic E-state index is 13.1. The number of hydrogen-bond acceptors (Lipinski definition) is 2. The first-order chi connectivity index (χ1) is 6.50. The zero-order valence-corrected chi connectivity index (χ0v) is 8.04. The van der Waals surface area contributed by atoms with Crippen LogP contribution in [0.4, 0.5) is 20.6 Å². The maximum absolute atomic E-state index is 13.1. The summed E-state index contributed by atoms with van der Waals surface area (Å²) in [5.41, 5.74) is 5.94. The standard InChI is InChI=1S/C9H12FN3O/c1-13(2)9(14)12-8-5-6(11)3-4-7(8)10/h3-5H,11H2,1-2H3,(H,12,14). The van der Waals surface area contributed by atoms with Crippen LogP contribution in [0.1, 0.15) is 0 Å². The van der Waals surface area contributed by atoms with Crippen molar-refractivity contribution < 1.29 is 9.18 Å². The molecule has 0 aliphatic carbocycles. The molecule has 0 unspecified atom stereocenters. The van der Waals surface area contributed by atoms with Gasteiger partial charge in [-0.3, -0.25) is 0 Å². The molecular weight excluding hydrogens is 185 g/mol. The summed E-state index contributed by atoms with van der Waals surface area (Å²) in [5.74, 6) is -0.505. The van der Waals surface area contributed by atoms with Crippen molar-refractivity contribution in [2.24, 2.45) is 0 Å². The van der Waals surface area contributed by atoms with E-state index in [4.69, 9.17) is 5.73 Å². The van der Waals surface area contributed by atoms with Crippen molar-refractivity contribution in [1.29, 1.82) is 0 Å². The minimum absolute atomic E-state index is 0.0868. The molecule has 0 aromatic heterocycles. The molecule has 4 nitrogen and oxygen atoms in total. The Balaban J connectivity index is 2.86. The number of urea groups is 1. The van der Waals surface area contributed by atoms with Crippen LogP contribution in [0.15, 0.2) is 18.2 Å². The Bertz CT molecular complexity index is 352. The first-order valence-corrected chi connectivity index (χ1v) is 4.04. The average molecular weight is 197 g/mol. The summed E-state index contributed by atoms with van der Waals surface area (Å²) in [6.45, 7) is 0. The van der Waals surface area contributed by atoms with E-state index < -0.39 is 11.8 Å². The number of rotatable bonds is 1. The van der Waals surface area contributed by atoms with Gasteiger partial charge in [0.25, 0.3) is 0 Å². The Labute approximate surface area is 81.5 Å². The fraction of sp³-hybridized carbons (Fsp3) is 0.222. The maximum Gasteiger partial charge on any atom is 0.321 e. The zero-order chi connectivity index (χ0) is 10.7. The fourth-order valence-corrected chi connectivity index (χ4v) is 0.866. The molecule has 0 spiro atoms. The van der Waals surface area contributed by atoms with Gasteiger partial charge in [0.05, 0.1) is 5.69 Å². The number of nitrogens with zero attached hydrogens (tertiary/aromatic N) is 1. The first-order valence-electron chi connectivity index (χ1n) is 4.04. The first kappa shape index (κ1) is 10.3. The van der Waals surface area contributed by atoms with Gasteiger partial charge in [-0.2, -0.15) is 0 Å². The molecule has 0 heterocycles. The Hall–Kier alpha value is -1.78. The molecule has 0 saturated carbocycles. The van der Waals surface area contributed by atoms with Crippen LogP contribution in [0.3, 0.4) is 0 Å². The molecule has 76 valence electrons. The Morgan fingerprint density at radius 2 is 2.14 bits per heavy atom. The summed E-state index contributed by atoms with van der Waals surface area (Å²) in [5, 5.41) is 2.38. The number of carbonyl (C=O) groups excluding carboxylic acids is 1. The molecule has 0 bridgehead atoms. The van der Waals surface area contributed by atoms with Crippen molar-refractivity contribution in [3.05, 3.63) is 24.0 Å². The molecule has 0 saturated heterocycles. The predicted octanol–water partition coefficient (Wildman–Crippen LogP) is 1.50. The number of carbonyl (C=O) groups is 1. The second-order valence-corrected chi connectivity index (χ2v) is 3.06. The molecule has 0 atom stereocenters. The van der Waals surface area contributed by atoms with Gasteiger partial charge in [-0.1, -0.05) is 0 Å². The minimum atomic E-state index is -0.505. The lowest BCUT2D eigenvalue weighted by Gasteiger charge is -2.12. The Morgan fingerprint density at radius 1 is 1.50 bits per heavy atom. The van der Waals surface area contributed by atoms with Crippen molar-refractivity contribution >= 4 is 17.4 Å². The minimum Gasteiger partial charge on any atom is -0.399 e. The van der Waals surface area contributed by atoms with Gasteiger partial charge in [-0.05, 0) is 18.2 Å². The summed E-state index contributed by atoms with van der Waals surface area (Å²) < 4.78 is 13.1. The molecule has 14 heavy (non-hydrogen) atoms. The number of nitrogens with two attached hydrogens (primary N) is 1. The molecule has 3 N–H and O–H groups in total. The lowest BCUT2D eigenvalue weighted by atomic mass is 10.2. The van der Waals surface area contributed by atoms with E-state index in [0.29, 0.717) is 5.69 Å². The quantitative estimate of drug-likeness (QED) is 0.670. The zero-order valence-electron chi connectivity index (χ0n) is 8.04. The summed E-state index contributed by atoms with van der Waals surface area (Å²) in [6, 6.07) is 3.62. The van der Waals surface area contributed by atoms with E-state index in [0.717, 1.165) is 0 Å². The molecule has 0 fully saturated rings. The monoisotopic (exact) mass is 197 g/mol. The summed E-state index contributed by atoms with van der Waals surface area (Å²) in [4.78, 5) is 12.5. The second-order valence-electron chi connectivity index (χ2n) is 3.06. The molecule has 2 amide bonds. The van der Waals surface area contributed by atoms with Crippen LogP contribution in [0.5, 0.6) is 0 Å². The lowest BCUT2D eigenvalue weighted by molar-refractivity contribution is 0.230. The molecule has 1 rings (SSSR count). The van der Waals surface area contributed by atoms with E-state index in [1.807, 2.05) is 0 Å². The normalized spacial score (nSPS) is 9.64. The van der Waals surface area contributed by atoms with Gasteiger partial charge in [0, 0.05) is 19.8 Å². The predicted molar refractivity (Wildman–Crippen MR) is 53.5 cm³/mol. The highest BCUT2D eigenvalue weighted by molar-refractivity contribution is 5.89. The highest BCUT2D eigenvalue weighted by atomic mass is 19.1. The van der Waals surface area contributed by atoms with Crippen LogP contribution in [0.25, 0.3) is 0 Å². The largest absolute Gasteiger partial charge is 0.399 e. The molecule has 5 heteroatoms. The smallest absolute Gasteiger partial charge is 0.321 e. The van der Waals surface area contributed by atoms with Crippen molar-refractivity contribution in [2.75, 3.05) is 25.1 Å². The van der Waals surface area contributed by atoms with E-state index in [-0.39, 0.29) is 5.69 Å². The van der Waals surface area contributed by atoms with Crippen LogP contribution in [0.2, 0.25) is 0 Å². The molecular formula is C9H12FN3O. The number of amides is 2. The topological polar surface area (TPSA) is 58.4 Å². The summed E-state index contributed by atoms with van der Waals surface area (Å²) in [6.07, 6.45) is 0. The number of halogens is 1. The van der Waals surface area contributed by atoms with Crippen molar-refractivity contribution in [1.82, 2.24) is 4.90 Å². The van der Waals surface area contributed by atoms with E-state index in [2.05, 4.69) is 5.32 Å². The molecule has 0 radical (unpaired) electrons. The third-order valence-electron chi connectivity index (χ3n) is 1.64. The SMILES string of the molecule is CN(C)C(=O)Nc1cc(N)ccc1F. The van der Waals surface area contributed by atoms with Gasteiger partial charge in [0.2, 0.25) is 0 Å². The number of hydrogen-bond donors (Lipinski definition) is 2. The van der Waals surface area contributed by atoms with Crippen molar-refractivity contribution in [3.8, 4) is 0 Å². The third-order valence-corrected chi connectivity index (χ3v) is 1.64. The van der Waals surface area contributed by atoms with Crippen LogP contribution in [-0.2, 0) is 0 Å². The molecule has 1 aromatic rings. The van der Waals surface area contributed by atoms with E-state index in [1.54, 1.807) is 14.1 Å².